The van der Waals surface area contributed by atoms with Crippen molar-refractivity contribution in [3.63, 3.8) is 0 Å². The van der Waals surface area contributed by atoms with E-state index in [4.69, 9.17) is 9.47 Å². The van der Waals surface area contributed by atoms with Crippen molar-refractivity contribution in [2.75, 3.05) is 19.8 Å². The van der Waals surface area contributed by atoms with Crippen molar-refractivity contribution < 1.29 is 24.2 Å². The molecular formula is C22H32N2O5. The monoisotopic (exact) mass is 404 g/mol. The summed E-state index contributed by atoms with van der Waals surface area (Å²) in [5.41, 5.74) is 1.05. The van der Waals surface area contributed by atoms with Crippen LogP contribution in [-0.2, 0) is 19.1 Å². The molecule has 0 aromatic heterocycles. The van der Waals surface area contributed by atoms with Gasteiger partial charge in [-0.2, -0.15) is 0 Å². The molecule has 2 heterocycles. The van der Waals surface area contributed by atoms with Crippen LogP contribution in [0.3, 0.4) is 0 Å². The van der Waals surface area contributed by atoms with E-state index < -0.39 is 6.10 Å². The minimum atomic E-state index is -0.489. The van der Waals surface area contributed by atoms with Crippen LogP contribution in [0, 0.1) is 5.92 Å². The first-order chi connectivity index (χ1) is 14.1. The molecule has 3 rings (SSSR count). The van der Waals surface area contributed by atoms with Gasteiger partial charge >= 0.3 is 0 Å². The molecule has 0 saturated carbocycles. The molecule has 7 nitrogen and oxygen atoms in total. The molecule has 2 aliphatic heterocycles. The molecule has 0 unspecified atom stereocenters. The minimum absolute atomic E-state index is 0.00762. The van der Waals surface area contributed by atoms with Crippen LogP contribution in [0.2, 0.25) is 0 Å². The zero-order chi connectivity index (χ0) is 20.6. The Labute approximate surface area is 172 Å². The van der Waals surface area contributed by atoms with E-state index in [0.29, 0.717) is 26.1 Å². The van der Waals surface area contributed by atoms with Crippen molar-refractivity contribution in [3.05, 3.63) is 35.9 Å². The Kier molecular flexibility index (Phi) is 8.03. The standard InChI is InChI=1S/C22H32N2O5/c1-15(16-5-3-2-4-6-16)23-21(26)13-18-7-8-19(20(14-25)29-18)24-22(27)17-9-11-28-12-10-17/h2-6,15,17-20,25H,7-14H2,1H3,(H,23,26)(H,24,27)/t15-,18-,19+,20+/m1/s1. The molecule has 1 aromatic rings. The third-order valence-corrected chi connectivity index (χ3v) is 5.81. The van der Waals surface area contributed by atoms with E-state index in [1.165, 1.54) is 0 Å². The van der Waals surface area contributed by atoms with E-state index >= 15 is 0 Å². The average molecular weight is 405 g/mol. The number of hydrogen-bond donors (Lipinski definition) is 3. The Bertz CT molecular complexity index is 662. The summed E-state index contributed by atoms with van der Waals surface area (Å²) in [6, 6.07) is 9.50. The van der Waals surface area contributed by atoms with Gasteiger partial charge in [0, 0.05) is 19.1 Å². The van der Waals surface area contributed by atoms with Crippen LogP contribution in [-0.4, -0.2) is 55.0 Å². The van der Waals surface area contributed by atoms with Gasteiger partial charge in [0.15, 0.2) is 0 Å². The van der Waals surface area contributed by atoms with Crippen LogP contribution in [0.25, 0.3) is 0 Å². The molecule has 2 fully saturated rings. The second-order valence-corrected chi connectivity index (χ2v) is 7.96. The van der Waals surface area contributed by atoms with Gasteiger partial charge < -0.3 is 25.2 Å². The normalized spacial score (nSPS) is 26.5. The first-order valence-electron chi connectivity index (χ1n) is 10.6. The van der Waals surface area contributed by atoms with E-state index in [1.807, 2.05) is 37.3 Å². The molecule has 4 atom stereocenters. The highest BCUT2D eigenvalue weighted by Crippen LogP contribution is 2.24. The highest BCUT2D eigenvalue weighted by molar-refractivity contribution is 5.79. The largest absolute Gasteiger partial charge is 0.394 e. The smallest absolute Gasteiger partial charge is 0.223 e. The van der Waals surface area contributed by atoms with E-state index in [0.717, 1.165) is 18.4 Å². The number of carbonyl (C=O) groups excluding carboxylic acids is 2. The fourth-order valence-electron chi connectivity index (χ4n) is 4.04. The number of ether oxygens (including phenoxy) is 2. The Morgan fingerprint density at radius 3 is 2.55 bits per heavy atom. The lowest BCUT2D eigenvalue weighted by atomic mass is 9.94. The van der Waals surface area contributed by atoms with Crippen molar-refractivity contribution >= 4 is 11.8 Å². The van der Waals surface area contributed by atoms with Gasteiger partial charge in [-0.1, -0.05) is 30.3 Å². The minimum Gasteiger partial charge on any atom is -0.394 e. The third-order valence-electron chi connectivity index (χ3n) is 5.81. The first kappa shape index (κ1) is 21.7. The molecule has 7 heteroatoms. The summed E-state index contributed by atoms with van der Waals surface area (Å²) in [7, 11) is 0. The Balaban J connectivity index is 1.46. The molecule has 1 aromatic carbocycles. The van der Waals surface area contributed by atoms with Crippen LogP contribution >= 0.6 is 0 Å². The lowest BCUT2D eigenvalue weighted by molar-refractivity contribution is -0.139. The second kappa shape index (κ2) is 10.7. The molecular weight excluding hydrogens is 372 g/mol. The highest BCUT2D eigenvalue weighted by Gasteiger charge is 2.34. The summed E-state index contributed by atoms with van der Waals surface area (Å²) in [5, 5.41) is 15.8. The fourth-order valence-corrected chi connectivity index (χ4v) is 4.04. The van der Waals surface area contributed by atoms with Crippen molar-refractivity contribution in [2.45, 2.75) is 63.3 Å². The Hall–Kier alpha value is -1.96. The summed E-state index contributed by atoms with van der Waals surface area (Å²) < 4.78 is 11.3. The van der Waals surface area contributed by atoms with Gasteiger partial charge in [0.1, 0.15) is 6.10 Å². The van der Waals surface area contributed by atoms with Crippen LogP contribution in [0.15, 0.2) is 30.3 Å². The number of carbonyl (C=O) groups is 2. The number of rotatable bonds is 7. The van der Waals surface area contributed by atoms with Crippen LogP contribution in [0.4, 0.5) is 0 Å². The summed E-state index contributed by atoms with van der Waals surface area (Å²) in [4.78, 5) is 24.9. The predicted octanol–water partition coefficient (Wildman–Crippen LogP) is 1.71. The molecule has 0 spiro atoms. The zero-order valence-corrected chi connectivity index (χ0v) is 17.0. The second-order valence-electron chi connectivity index (χ2n) is 7.96. The number of benzene rings is 1. The lowest BCUT2D eigenvalue weighted by Gasteiger charge is -2.37. The maximum atomic E-state index is 12.5. The summed E-state index contributed by atoms with van der Waals surface area (Å²) in [6.45, 7) is 2.99. The topological polar surface area (TPSA) is 96.9 Å². The van der Waals surface area contributed by atoms with Crippen LogP contribution in [0.1, 0.15) is 50.6 Å². The van der Waals surface area contributed by atoms with Crippen molar-refractivity contribution in [1.82, 2.24) is 10.6 Å². The van der Waals surface area contributed by atoms with E-state index in [-0.39, 0.29) is 48.9 Å². The molecule has 2 aliphatic rings. The van der Waals surface area contributed by atoms with Crippen molar-refractivity contribution in [1.29, 1.82) is 0 Å². The van der Waals surface area contributed by atoms with Crippen LogP contribution in [0.5, 0.6) is 0 Å². The van der Waals surface area contributed by atoms with Gasteiger partial charge in [0.2, 0.25) is 11.8 Å². The highest BCUT2D eigenvalue weighted by atomic mass is 16.5. The number of hydrogen-bond acceptors (Lipinski definition) is 5. The van der Waals surface area contributed by atoms with E-state index in [2.05, 4.69) is 10.6 Å². The maximum Gasteiger partial charge on any atom is 0.223 e. The molecule has 0 aliphatic carbocycles. The average Bonchev–Trinajstić information content (AvgIpc) is 2.75. The van der Waals surface area contributed by atoms with Crippen LogP contribution < -0.4 is 10.6 Å². The van der Waals surface area contributed by atoms with E-state index in [1.54, 1.807) is 0 Å². The van der Waals surface area contributed by atoms with Gasteiger partial charge in [-0.3, -0.25) is 9.59 Å². The molecule has 29 heavy (non-hydrogen) atoms. The first-order valence-corrected chi connectivity index (χ1v) is 10.6. The molecule has 160 valence electrons. The number of nitrogens with one attached hydrogen (secondary N) is 2. The molecule has 2 amide bonds. The Morgan fingerprint density at radius 2 is 1.86 bits per heavy atom. The number of amides is 2. The number of aliphatic hydroxyl groups is 1. The van der Waals surface area contributed by atoms with Gasteiger partial charge in [-0.25, -0.2) is 0 Å². The molecule has 3 N–H and O–H groups in total. The number of aliphatic hydroxyl groups excluding tert-OH is 1. The lowest BCUT2D eigenvalue weighted by Crippen LogP contribution is -2.53. The zero-order valence-electron chi connectivity index (χ0n) is 17.0. The van der Waals surface area contributed by atoms with Gasteiger partial charge in [0.25, 0.3) is 0 Å². The van der Waals surface area contributed by atoms with Crippen molar-refractivity contribution in [3.8, 4) is 0 Å². The summed E-state index contributed by atoms with van der Waals surface area (Å²) in [5.74, 6) is -0.105. The van der Waals surface area contributed by atoms with E-state index in [9.17, 15) is 14.7 Å². The van der Waals surface area contributed by atoms with Gasteiger partial charge in [-0.15, -0.1) is 0 Å². The maximum absolute atomic E-state index is 12.5. The Morgan fingerprint density at radius 1 is 1.14 bits per heavy atom. The van der Waals surface area contributed by atoms with Gasteiger partial charge in [0.05, 0.1) is 31.2 Å². The summed E-state index contributed by atoms with van der Waals surface area (Å²) in [6.07, 6.45) is 2.31. The third kappa shape index (κ3) is 6.26. The molecule has 0 radical (unpaired) electrons. The molecule has 2 saturated heterocycles. The predicted molar refractivity (Wildman–Crippen MR) is 108 cm³/mol. The SMILES string of the molecule is C[C@@H](NC(=O)C[C@H]1CC[C@H](NC(=O)C2CCOCC2)[C@H](CO)O1)c1ccccc1. The summed E-state index contributed by atoms with van der Waals surface area (Å²) >= 11 is 0. The quantitative estimate of drug-likeness (QED) is 0.643. The fraction of sp³-hybridized carbons (Fsp3) is 0.636. The van der Waals surface area contributed by atoms with Crippen molar-refractivity contribution in [2.24, 2.45) is 5.92 Å². The van der Waals surface area contributed by atoms with Gasteiger partial charge in [-0.05, 0) is 38.2 Å². The molecule has 0 bridgehead atoms.